The van der Waals surface area contributed by atoms with Gasteiger partial charge in [-0.2, -0.15) is 0 Å². The topological polar surface area (TPSA) is 71.8 Å². The lowest BCUT2D eigenvalue weighted by atomic mass is 10.1. The van der Waals surface area contributed by atoms with E-state index in [0.29, 0.717) is 16.8 Å². The summed E-state index contributed by atoms with van der Waals surface area (Å²) in [4.78, 5) is 25.7. The molecule has 20 heavy (non-hydrogen) atoms. The highest BCUT2D eigenvalue weighted by atomic mass is 79.9. The number of nitrogens with zero attached hydrogens (tertiary/aromatic N) is 2. The lowest BCUT2D eigenvalue weighted by Gasteiger charge is -2.36. The SMILES string of the molecule is COc1c(C(=O)O)c(Br)n2c1C(=O)N(C(C)C)CC2C. The molecule has 1 atom stereocenters. The molecule has 1 N–H and O–H groups in total. The average Bonchev–Trinajstić information content (AvgIpc) is 2.67. The van der Waals surface area contributed by atoms with Crippen molar-refractivity contribution in [3.8, 4) is 5.75 Å². The number of carboxylic acids is 1. The Labute approximate surface area is 125 Å². The minimum absolute atomic E-state index is 0.00620. The first-order chi connectivity index (χ1) is 9.31. The molecule has 1 aromatic rings. The predicted octanol–water partition coefficient (Wildman–Crippen LogP) is 2.38. The van der Waals surface area contributed by atoms with Crippen LogP contribution in [0.2, 0.25) is 0 Å². The molecule has 0 radical (unpaired) electrons. The molecular formula is C13H17BrN2O4. The minimum Gasteiger partial charge on any atom is -0.493 e. The third-order valence-corrected chi connectivity index (χ3v) is 4.29. The largest absolute Gasteiger partial charge is 0.493 e. The predicted molar refractivity (Wildman–Crippen MR) is 76.5 cm³/mol. The van der Waals surface area contributed by atoms with Crippen molar-refractivity contribution in [1.82, 2.24) is 9.47 Å². The van der Waals surface area contributed by atoms with Crippen LogP contribution in [0.5, 0.6) is 5.75 Å². The van der Waals surface area contributed by atoms with Crippen molar-refractivity contribution >= 4 is 27.8 Å². The molecule has 0 spiro atoms. The van der Waals surface area contributed by atoms with Gasteiger partial charge in [0, 0.05) is 18.6 Å². The second-order valence-corrected chi connectivity index (χ2v) is 5.87. The van der Waals surface area contributed by atoms with Crippen LogP contribution in [0.15, 0.2) is 4.60 Å². The highest BCUT2D eigenvalue weighted by molar-refractivity contribution is 9.10. The Morgan fingerprint density at radius 2 is 2.10 bits per heavy atom. The number of methoxy groups -OCH3 is 1. The number of aromatic carboxylic acids is 1. The Bertz CT molecular complexity index is 579. The number of amides is 1. The van der Waals surface area contributed by atoms with Gasteiger partial charge in [0.1, 0.15) is 10.2 Å². The molecule has 0 fully saturated rings. The lowest BCUT2D eigenvalue weighted by Crippen LogP contribution is -2.45. The number of carbonyl (C=O) groups is 2. The molecule has 1 aliphatic heterocycles. The number of aromatic nitrogens is 1. The van der Waals surface area contributed by atoms with E-state index in [2.05, 4.69) is 15.9 Å². The molecule has 2 heterocycles. The van der Waals surface area contributed by atoms with E-state index in [4.69, 9.17) is 4.74 Å². The fourth-order valence-electron chi connectivity index (χ4n) is 2.57. The van der Waals surface area contributed by atoms with Crippen molar-refractivity contribution in [2.75, 3.05) is 13.7 Å². The van der Waals surface area contributed by atoms with Crippen LogP contribution in [0, 0.1) is 0 Å². The van der Waals surface area contributed by atoms with Gasteiger partial charge in [0.25, 0.3) is 5.91 Å². The number of ether oxygens (including phenoxy) is 1. The summed E-state index contributed by atoms with van der Waals surface area (Å²) in [7, 11) is 1.38. The second kappa shape index (κ2) is 5.12. The molecule has 1 unspecified atom stereocenters. The maximum atomic E-state index is 12.6. The van der Waals surface area contributed by atoms with E-state index in [1.807, 2.05) is 20.8 Å². The molecule has 0 saturated carbocycles. The first-order valence-corrected chi connectivity index (χ1v) is 7.12. The van der Waals surface area contributed by atoms with Gasteiger partial charge in [-0.15, -0.1) is 0 Å². The number of halogens is 1. The maximum Gasteiger partial charge on any atom is 0.342 e. The monoisotopic (exact) mass is 344 g/mol. The van der Waals surface area contributed by atoms with Crippen LogP contribution in [0.4, 0.5) is 0 Å². The first kappa shape index (κ1) is 14.9. The minimum atomic E-state index is -1.12. The third-order valence-electron chi connectivity index (χ3n) is 3.51. The molecule has 110 valence electrons. The first-order valence-electron chi connectivity index (χ1n) is 6.33. The van der Waals surface area contributed by atoms with Crippen LogP contribution in [-0.2, 0) is 0 Å². The van der Waals surface area contributed by atoms with Crippen LogP contribution >= 0.6 is 15.9 Å². The molecule has 0 aromatic carbocycles. The molecule has 2 rings (SSSR count). The van der Waals surface area contributed by atoms with E-state index in [-0.39, 0.29) is 29.3 Å². The Morgan fingerprint density at radius 3 is 2.55 bits per heavy atom. The van der Waals surface area contributed by atoms with Crippen LogP contribution in [-0.4, -0.2) is 46.1 Å². The maximum absolute atomic E-state index is 12.6. The molecule has 6 nitrogen and oxygen atoms in total. The zero-order chi connectivity index (χ0) is 15.2. The fraction of sp³-hybridized carbons (Fsp3) is 0.538. The van der Waals surface area contributed by atoms with E-state index >= 15 is 0 Å². The number of carbonyl (C=O) groups excluding carboxylic acids is 1. The normalized spacial score (nSPS) is 18.4. The highest BCUT2D eigenvalue weighted by Gasteiger charge is 2.39. The summed E-state index contributed by atoms with van der Waals surface area (Å²) in [6.07, 6.45) is 0. The van der Waals surface area contributed by atoms with Crippen molar-refractivity contribution in [3.05, 3.63) is 15.9 Å². The van der Waals surface area contributed by atoms with Gasteiger partial charge in [-0.3, -0.25) is 4.79 Å². The van der Waals surface area contributed by atoms with Gasteiger partial charge in [0.05, 0.1) is 7.11 Å². The van der Waals surface area contributed by atoms with Gasteiger partial charge in [-0.05, 0) is 36.7 Å². The molecule has 1 aromatic heterocycles. The molecule has 0 saturated heterocycles. The van der Waals surface area contributed by atoms with Gasteiger partial charge in [-0.1, -0.05) is 0 Å². The molecule has 0 bridgehead atoms. The van der Waals surface area contributed by atoms with Crippen LogP contribution in [0.3, 0.4) is 0 Å². The summed E-state index contributed by atoms with van der Waals surface area (Å²) in [5.74, 6) is -1.21. The Kier molecular flexibility index (Phi) is 3.82. The van der Waals surface area contributed by atoms with E-state index in [9.17, 15) is 14.7 Å². The summed E-state index contributed by atoms with van der Waals surface area (Å²) >= 11 is 3.29. The van der Waals surface area contributed by atoms with Crippen molar-refractivity contribution in [3.63, 3.8) is 0 Å². The number of hydrogen-bond acceptors (Lipinski definition) is 3. The molecule has 1 aliphatic rings. The molecule has 1 amide bonds. The number of carboxylic acid groups (broad SMARTS) is 1. The standard InChI is InChI=1S/C13H17BrN2O4/c1-6(2)15-5-7(3)16-9(12(15)17)10(20-4)8(11(16)14)13(18)19/h6-7H,5H2,1-4H3,(H,18,19). The van der Waals surface area contributed by atoms with E-state index in [0.717, 1.165) is 0 Å². The number of hydrogen-bond donors (Lipinski definition) is 1. The third kappa shape index (κ3) is 2.00. The van der Waals surface area contributed by atoms with Gasteiger partial charge in [0.2, 0.25) is 0 Å². The van der Waals surface area contributed by atoms with Crippen molar-refractivity contribution < 1.29 is 19.4 Å². The van der Waals surface area contributed by atoms with Crippen molar-refractivity contribution in [2.24, 2.45) is 0 Å². The zero-order valence-electron chi connectivity index (χ0n) is 11.8. The van der Waals surface area contributed by atoms with Crippen molar-refractivity contribution in [2.45, 2.75) is 32.9 Å². The van der Waals surface area contributed by atoms with Crippen LogP contribution in [0.1, 0.15) is 47.7 Å². The lowest BCUT2D eigenvalue weighted by molar-refractivity contribution is 0.0609. The Balaban J connectivity index is 2.72. The second-order valence-electron chi connectivity index (χ2n) is 5.12. The van der Waals surface area contributed by atoms with E-state index in [1.54, 1.807) is 9.47 Å². The van der Waals surface area contributed by atoms with Gasteiger partial charge >= 0.3 is 5.97 Å². The van der Waals surface area contributed by atoms with Crippen molar-refractivity contribution in [1.29, 1.82) is 0 Å². The summed E-state index contributed by atoms with van der Waals surface area (Å²) in [6, 6.07) is 0.0202. The van der Waals surface area contributed by atoms with Crippen LogP contribution < -0.4 is 4.74 Å². The quantitative estimate of drug-likeness (QED) is 0.913. The van der Waals surface area contributed by atoms with Gasteiger partial charge in [-0.25, -0.2) is 4.79 Å². The van der Waals surface area contributed by atoms with Crippen LogP contribution in [0.25, 0.3) is 0 Å². The molecule has 7 heteroatoms. The zero-order valence-corrected chi connectivity index (χ0v) is 13.4. The number of rotatable bonds is 3. The average molecular weight is 345 g/mol. The Morgan fingerprint density at radius 1 is 1.50 bits per heavy atom. The van der Waals surface area contributed by atoms with Gasteiger partial charge < -0.3 is 19.3 Å². The van der Waals surface area contributed by atoms with E-state index < -0.39 is 5.97 Å². The molecule has 0 aliphatic carbocycles. The Hall–Kier alpha value is -1.50. The number of fused-ring (bicyclic) bond motifs is 1. The smallest absolute Gasteiger partial charge is 0.342 e. The highest BCUT2D eigenvalue weighted by Crippen LogP contribution is 2.40. The summed E-state index contributed by atoms with van der Waals surface area (Å²) in [5.41, 5.74) is 0.289. The van der Waals surface area contributed by atoms with Gasteiger partial charge in [0.15, 0.2) is 11.4 Å². The summed E-state index contributed by atoms with van der Waals surface area (Å²) in [5, 5.41) is 9.33. The fourth-order valence-corrected chi connectivity index (χ4v) is 3.45. The molecular weight excluding hydrogens is 328 g/mol. The van der Waals surface area contributed by atoms with E-state index in [1.165, 1.54) is 7.11 Å². The summed E-state index contributed by atoms with van der Waals surface area (Å²) in [6.45, 7) is 6.35. The summed E-state index contributed by atoms with van der Waals surface area (Å²) < 4.78 is 7.27.